The lowest BCUT2D eigenvalue weighted by Crippen LogP contribution is -2.24. The maximum absolute atomic E-state index is 12.1. The maximum Gasteiger partial charge on any atom is 0.258 e. The molecule has 7 heteroatoms. The van der Waals surface area contributed by atoms with Crippen LogP contribution in [0.2, 0.25) is 0 Å². The number of hydrogen-bond donors (Lipinski definition) is 3. The molecule has 0 unspecified atom stereocenters. The number of amides is 1. The van der Waals surface area contributed by atoms with Crippen LogP contribution in [0.5, 0.6) is 0 Å². The second-order valence-electron chi connectivity index (χ2n) is 6.01. The molecule has 0 fully saturated rings. The van der Waals surface area contributed by atoms with Crippen LogP contribution in [0.1, 0.15) is 18.1 Å². The molecule has 1 amide bonds. The van der Waals surface area contributed by atoms with Gasteiger partial charge in [-0.25, -0.2) is 9.97 Å². The molecule has 2 aromatic heterocycles. The molecule has 0 saturated carbocycles. The normalized spacial score (nSPS) is 11.1. The molecule has 130 valence electrons. The zero-order valence-electron chi connectivity index (χ0n) is 14.0. The van der Waals surface area contributed by atoms with Crippen LogP contribution in [0.25, 0.3) is 21.9 Å². The number of aryl methyl sites for hydroxylation is 1. The van der Waals surface area contributed by atoms with Gasteiger partial charge in [0.15, 0.2) is 0 Å². The van der Waals surface area contributed by atoms with E-state index in [0.29, 0.717) is 35.5 Å². The number of carbonyl (C=O) groups is 1. The summed E-state index contributed by atoms with van der Waals surface area (Å²) in [6.07, 6.45) is 0.605. The molecule has 3 N–H and O–H groups in total. The fourth-order valence-corrected chi connectivity index (χ4v) is 2.85. The third-order valence-corrected chi connectivity index (χ3v) is 4.14. The van der Waals surface area contributed by atoms with E-state index in [0.717, 1.165) is 11.0 Å². The van der Waals surface area contributed by atoms with E-state index in [9.17, 15) is 9.59 Å². The summed E-state index contributed by atoms with van der Waals surface area (Å²) in [5.74, 6) is 1.09. The van der Waals surface area contributed by atoms with Gasteiger partial charge in [-0.3, -0.25) is 9.59 Å². The van der Waals surface area contributed by atoms with Crippen LogP contribution in [0.15, 0.2) is 53.3 Å². The van der Waals surface area contributed by atoms with Crippen molar-refractivity contribution in [3.05, 3.63) is 70.5 Å². The molecular formula is C19H17N5O2. The van der Waals surface area contributed by atoms with E-state index in [1.54, 1.807) is 18.2 Å². The van der Waals surface area contributed by atoms with Crippen molar-refractivity contribution in [2.75, 3.05) is 0 Å². The van der Waals surface area contributed by atoms with Crippen molar-refractivity contribution in [1.29, 1.82) is 0 Å². The van der Waals surface area contributed by atoms with E-state index in [4.69, 9.17) is 0 Å². The minimum atomic E-state index is -0.187. The zero-order valence-corrected chi connectivity index (χ0v) is 14.0. The average molecular weight is 347 g/mol. The lowest BCUT2D eigenvalue weighted by Gasteiger charge is -2.04. The highest BCUT2D eigenvalue weighted by molar-refractivity contribution is 5.78. The summed E-state index contributed by atoms with van der Waals surface area (Å²) in [5, 5.41) is 3.38. The minimum Gasteiger partial charge on any atom is -0.349 e. The number of aromatic amines is 2. The zero-order chi connectivity index (χ0) is 17.9. The van der Waals surface area contributed by atoms with Crippen LogP contribution in [0.3, 0.4) is 0 Å². The Morgan fingerprint density at radius 1 is 0.923 bits per heavy atom. The standard InChI is InChI=1S/C19H17N5O2/c25-18(20-11-17-22-14-7-3-4-8-15(14)23-17)10-9-16-21-13-6-2-1-5-12(13)19(26)24-16/h1-8H,9-11H2,(H,20,25)(H,22,23)(H,21,24,26). The summed E-state index contributed by atoms with van der Waals surface area (Å²) in [4.78, 5) is 38.8. The number of nitrogens with one attached hydrogen (secondary N) is 3. The summed E-state index contributed by atoms with van der Waals surface area (Å²) >= 11 is 0. The summed E-state index contributed by atoms with van der Waals surface area (Å²) in [7, 11) is 0. The third-order valence-electron chi connectivity index (χ3n) is 4.14. The van der Waals surface area contributed by atoms with Crippen molar-refractivity contribution < 1.29 is 4.79 Å². The van der Waals surface area contributed by atoms with E-state index in [-0.39, 0.29) is 17.9 Å². The highest BCUT2D eigenvalue weighted by Crippen LogP contribution is 2.10. The molecule has 0 atom stereocenters. The smallest absolute Gasteiger partial charge is 0.258 e. The van der Waals surface area contributed by atoms with Gasteiger partial charge < -0.3 is 15.3 Å². The Balaban J connectivity index is 1.37. The fraction of sp³-hybridized carbons (Fsp3) is 0.158. The van der Waals surface area contributed by atoms with Crippen LogP contribution in [0.4, 0.5) is 0 Å². The Labute approximate surface area is 148 Å². The van der Waals surface area contributed by atoms with Crippen LogP contribution in [0, 0.1) is 0 Å². The maximum atomic E-state index is 12.1. The van der Waals surface area contributed by atoms with E-state index >= 15 is 0 Å². The highest BCUT2D eigenvalue weighted by atomic mass is 16.1. The first-order valence-electron chi connectivity index (χ1n) is 8.37. The molecule has 4 aromatic rings. The Kier molecular flexibility index (Phi) is 4.18. The average Bonchev–Trinajstić information content (AvgIpc) is 3.08. The number of para-hydroxylation sites is 3. The number of imidazole rings is 1. The number of rotatable bonds is 5. The van der Waals surface area contributed by atoms with Gasteiger partial charge in [-0.2, -0.15) is 0 Å². The quantitative estimate of drug-likeness (QED) is 0.514. The topological polar surface area (TPSA) is 104 Å². The lowest BCUT2D eigenvalue weighted by atomic mass is 10.2. The molecule has 0 spiro atoms. The van der Waals surface area contributed by atoms with Crippen molar-refractivity contribution in [3.8, 4) is 0 Å². The number of nitrogens with zero attached hydrogens (tertiary/aromatic N) is 2. The van der Waals surface area contributed by atoms with Crippen molar-refractivity contribution in [1.82, 2.24) is 25.3 Å². The number of fused-ring (bicyclic) bond motifs is 2. The molecule has 0 aliphatic rings. The molecule has 0 radical (unpaired) electrons. The largest absolute Gasteiger partial charge is 0.349 e. The molecule has 7 nitrogen and oxygen atoms in total. The van der Waals surface area contributed by atoms with Crippen molar-refractivity contribution in [2.24, 2.45) is 0 Å². The third kappa shape index (κ3) is 3.32. The van der Waals surface area contributed by atoms with Crippen molar-refractivity contribution >= 4 is 27.8 Å². The van der Waals surface area contributed by atoms with Crippen LogP contribution in [-0.4, -0.2) is 25.8 Å². The first-order valence-corrected chi connectivity index (χ1v) is 8.37. The summed E-state index contributed by atoms with van der Waals surface area (Å²) in [5.41, 5.74) is 2.26. The van der Waals surface area contributed by atoms with E-state index in [1.807, 2.05) is 30.3 Å². The number of benzene rings is 2. The van der Waals surface area contributed by atoms with Gasteiger partial charge >= 0.3 is 0 Å². The summed E-state index contributed by atoms with van der Waals surface area (Å²) in [6.45, 7) is 0.329. The van der Waals surface area contributed by atoms with Crippen molar-refractivity contribution in [2.45, 2.75) is 19.4 Å². The Morgan fingerprint density at radius 3 is 2.50 bits per heavy atom. The molecule has 2 aromatic carbocycles. The van der Waals surface area contributed by atoms with Gasteiger partial charge in [-0.1, -0.05) is 24.3 Å². The molecule has 26 heavy (non-hydrogen) atoms. The first kappa shape index (κ1) is 16.0. The van der Waals surface area contributed by atoms with Gasteiger partial charge in [-0.05, 0) is 24.3 Å². The first-order chi connectivity index (χ1) is 12.7. The fourth-order valence-electron chi connectivity index (χ4n) is 2.85. The Hall–Kier alpha value is -3.48. The van der Waals surface area contributed by atoms with Gasteiger partial charge in [0.2, 0.25) is 5.91 Å². The van der Waals surface area contributed by atoms with Crippen LogP contribution >= 0.6 is 0 Å². The van der Waals surface area contributed by atoms with Gasteiger partial charge in [0.05, 0.1) is 28.5 Å². The predicted molar refractivity (Wildman–Crippen MR) is 98.6 cm³/mol. The van der Waals surface area contributed by atoms with Gasteiger partial charge in [0.25, 0.3) is 5.56 Å². The van der Waals surface area contributed by atoms with Gasteiger partial charge in [-0.15, -0.1) is 0 Å². The second kappa shape index (κ2) is 6.79. The summed E-state index contributed by atoms with van der Waals surface area (Å²) in [6, 6.07) is 14.8. The van der Waals surface area contributed by atoms with Crippen molar-refractivity contribution in [3.63, 3.8) is 0 Å². The molecule has 2 heterocycles. The molecule has 0 saturated heterocycles. The summed E-state index contributed by atoms with van der Waals surface area (Å²) < 4.78 is 0. The highest BCUT2D eigenvalue weighted by Gasteiger charge is 2.08. The van der Waals surface area contributed by atoms with Gasteiger partial charge in [0.1, 0.15) is 11.6 Å². The minimum absolute atomic E-state index is 0.124. The predicted octanol–water partition coefficient (Wildman–Crippen LogP) is 2.05. The lowest BCUT2D eigenvalue weighted by molar-refractivity contribution is -0.121. The van der Waals surface area contributed by atoms with E-state index in [2.05, 4.69) is 25.3 Å². The van der Waals surface area contributed by atoms with E-state index < -0.39 is 0 Å². The second-order valence-corrected chi connectivity index (χ2v) is 6.01. The number of aromatic nitrogens is 4. The molecule has 0 aliphatic carbocycles. The SMILES string of the molecule is O=C(CCc1nc2ccccc2c(=O)[nH]1)NCc1nc2ccccc2[nH]1. The van der Waals surface area contributed by atoms with Crippen LogP contribution < -0.4 is 10.9 Å². The number of hydrogen-bond acceptors (Lipinski definition) is 4. The monoisotopic (exact) mass is 347 g/mol. The van der Waals surface area contributed by atoms with Gasteiger partial charge in [0, 0.05) is 12.8 Å². The van der Waals surface area contributed by atoms with Crippen LogP contribution in [-0.2, 0) is 17.8 Å². The molecule has 4 rings (SSSR count). The number of H-pyrrole nitrogens is 2. The molecule has 0 aliphatic heterocycles. The Bertz CT molecular complexity index is 1110. The number of carbonyl (C=O) groups excluding carboxylic acids is 1. The molecule has 0 bridgehead atoms. The van der Waals surface area contributed by atoms with E-state index in [1.165, 1.54) is 0 Å². The molecular weight excluding hydrogens is 330 g/mol. The Morgan fingerprint density at radius 2 is 1.65 bits per heavy atom.